The lowest BCUT2D eigenvalue weighted by atomic mass is 10.2. The van der Waals surface area contributed by atoms with Gasteiger partial charge in [0.15, 0.2) is 0 Å². The number of hydrogen-bond acceptors (Lipinski definition) is 3. The summed E-state index contributed by atoms with van der Waals surface area (Å²) < 4.78 is 5.69. The van der Waals surface area contributed by atoms with Gasteiger partial charge in [-0.05, 0) is 30.7 Å². The Hall–Kier alpha value is -0.850. The average Bonchev–Trinajstić information content (AvgIpc) is 2.49. The molecular weight excluding hydrogens is 304 g/mol. The summed E-state index contributed by atoms with van der Waals surface area (Å²) in [6.07, 6.45) is -0.468. The maximum absolute atomic E-state index is 10.2. The van der Waals surface area contributed by atoms with Gasteiger partial charge < -0.3 is 24.7 Å². The van der Waals surface area contributed by atoms with Crippen LogP contribution in [0.3, 0.4) is 0 Å². The van der Waals surface area contributed by atoms with Gasteiger partial charge in [0.2, 0.25) is 0 Å². The minimum atomic E-state index is -0.468. The summed E-state index contributed by atoms with van der Waals surface area (Å²) in [5.74, 6) is 0.774. The van der Waals surface area contributed by atoms with Crippen LogP contribution in [0.1, 0.15) is 5.56 Å². The van der Waals surface area contributed by atoms with E-state index in [1.165, 1.54) is 9.80 Å². The van der Waals surface area contributed by atoms with Gasteiger partial charge in [0, 0.05) is 5.02 Å². The second-order valence-electron chi connectivity index (χ2n) is 6.05. The fraction of sp³-hybridized carbons (Fsp3) is 0.625. The Morgan fingerprint density at radius 1 is 1.23 bits per heavy atom. The van der Waals surface area contributed by atoms with Crippen molar-refractivity contribution in [3.8, 4) is 5.75 Å². The lowest BCUT2D eigenvalue weighted by Crippen LogP contribution is -3.28. The molecule has 2 rings (SSSR count). The van der Waals surface area contributed by atoms with E-state index in [1.54, 1.807) is 6.07 Å². The quantitative estimate of drug-likeness (QED) is 0.475. The highest BCUT2D eigenvalue weighted by Crippen LogP contribution is 2.21. The highest BCUT2D eigenvalue weighted by Gasteiger charge is 2.24. The molecule has 6 heteroatoms. The highest BCUT2D eigenvalue weighted by molar-refractivity contribution is 6.30. The molecule has 4 N–H and O–H groups in total. The summed E-state index contributed by atoms with van der Waals surface area (Å²) in [5.41, 5.74) is 0.980. The minimum Gasteiger partial charge on any atom is -0.490 e. The Labute approximate surface area is 137 Å². The van der Waals surface area contributed by atoms with Gasteiger partial charge >= 0.3 is 0 Å². The maximum atomic E-state index is 10.2. The summed E-state index contributed by atoms with van der Waals surface area (Å²) in [6.45, 7) is 8.22. The Morgan fingerprint density at radius 3 is 2.55 bits per heavy atom. The largest absolute Gasteiger partial charge is 0.490 e. The molecule has 1 aliphatic rings. The molecule has 0 saturated carbocycles. The molecule has 0 radical (unpaired) electrons. The molecule has 1 heterocycles. The van der Waals surface area contributed by atoms with Gasteiger partial charge in [-0.2, -0.15) is 0 Å². The van der Waals surface area contributed by atoms with Gasteiger partial charge in [-0.25, -0.2) is 0 Å². The number of hydrogen-bond donors (Lipinski definition) is 4. The monoisotopic (exact) mass is 330 g/mol. The van der Waals surface area contributed by atoms with Crippen molar-refractivity contribution in [3.05, 3.63) is 28.8 Å². The van der Waals surface area contributed by atoms with E-state index in [4.69, 9.17) is 21.4 Å². The van der Waals surface area contributed by atoms with Crippen molar-refractivity contribution in [1.29, 1.82) is 0 Å². The number of ether oxygens (including phenoxy) is 1. The molecule has 5 nitrogen and oxygen atoms in total. The first-order chi connectivity index (χ1) is 10.6. The topological polar surface area (TPSA) is 58.6 Å². The zero-order valence-corrected chi connectivity index (χ0v) is 13.9. The number of halogens is 1. The third-order valence-corrected chi connectivity index (χ3v) is 4.46. The van der Waals surface area contributed by atoms with Crippen LogP contribution in [0, 0.1) is 6.92 Å². The fourth-order valence-electron chi connectivity index (χ4n) is 2.92. The van der Waals surface area contributed by atoms with Crippen molar-refractivity contribution >= 4 is 11.6 Å². The van der Waals surface area contributed by atoms with Gasteiger partial charge in [-0.15, -0.1) is 0 Å². The van der Waals surface area contributed by atoms with Gasteiger partial charge in [0.1, 0.15) is 57.7 Å². The van der Waals surface area contributed by atoms with Gasteiger partial charge in [0.25, 0.3) is 0 Å². The van der Waals surface area contributed by atoms with Crippen molar-refractivity contribution in [2.24, 2.45) is 0 Å². The minimum absolute atomic E-state index is 0.252. The van der Waals surface area contributed by atoms with Crippen LogP contribution in [0.25, 0.3) is 0 Å². The van der Waals surface area contributed by atoms with Crippen LogP contribution in [0.5, 0.6) is 5.75 Å². The number of quaternary nitrogens is 2. The average molecular weight is 331 g/mol. The molecule has 1 aliphatic heterocycles. The van der Waals surface area contributed by atoms with Crippen LogP contribution in [0.15, 0.2) is 18.2 Å². The first-order valence-corrected chi connectivity index (χ1v) is 8.31. The van der Waals surface area contributed by atoms with E-state index in [-0.39, 0.29) is 6.61 Å². The number of aryl methyl sites for hydroxylation is 1. The Bertz CT molecular complexity index is 465. The molecule has 0 aromatic heterocycles. The fourth-order valence-corrected chi connectivity index (χ4v) is 3.15. The predicted molar refractivity (Wildman–Crippen MR) is 85.9 cm³/mol. The van der Waals surface area contributed by atoms with E-state index in [1.807, 2.05) is 19.1 Å². The molecule has 1 saturated heterocycles. The highest BCUT2D eigenvalue weighted by atomic mass is 35.5. The number of aliphatic hydroxyl groups excluding tert-OH is 2. The van der Waals surface area contributed by atoms with E-state index < -0.39 is 6.10 Å². The molecule has 0 bridgehead atoms. The van der Waals surface area contributed by atoms with Gasteiger partial charge in [-0.1, -0.05) is 11.6 Å². The van der Waals surface area contributed by atoms with Gasteiger partial charge in [0.05, 0.1) is 6.61 Å². The predicted octanol–water partition coefficient (Wildman–Crippen LogP) is -1.84. The first-order valence-electron chi connectivity index (χ1n) is 7.93. The van der Waals surface area contributed by atoms with Crippen molar-refractivity contribution in [3.63, 3.8) is 0 Å². The number of benzene rings is 1. The molecule has 0 unspecified atom stereocenters. The van der Waals surface area contributed by atoms with Crippen molar-refractivity contribution in [2.75, 3.05) is 52.5 Å². The molecule has 0 spiro atoms. The van der Waals surface area contributed by atoms with E-state index in [9.17, 15) is 5.11 Å². The normalized spacial score (nSPS) is 23.3. The van der Waals surface area contributed by atoms with Crippen LogP contribution >= 0.6 is 11.6 Å². The summed E-state index contributed by atoms with van der Waals surface area (Å²) in [5, 5.41) is 19.8. The molecule has 0 amide bonds. The van der Waals surface area contributed by atoms with Crippen LogP contribution in [-0.4, -0.2) is 68.8 Å². The Balaban J connectivity index is 1.71. The number of piperazine rings is 1. The Kier molecular flexibility index (Phi) is 6.92. The summed E-state index contributed by atoms with van der Waals surface area (Å²) in [7, 11) is 0. The van der Waals surface area contributed by atoms with E-state index in [0.29, 0.717) is 18.2 Å². The lowest BCUT2D eigenvalue weighted by molar-refractivity contribution is -1.01. The molecular formula is C16H27ClN2O3+2. The molecule has 1 fully saturated rings. The van der Waals surface area contributed by atoms with E-state index in [2.05, 4.69) is 0 Å². The van der Waals surface area contributed by atoms with Crippen LogP contribution in [0.4, 0.5) is 0 Å². The zero-order chi connectivity index (χ0) is 15.9. The number of nitrogens with one attached hydrogen (secondary N) is 2. The molecule has 1 aromatic carbocycles. The van der Waals surface area contributed by atoms with Crippen molar-refractivity contribution in [2.45, 2.75) is 13.0 Å². The number of aliphatic hydroxyl groups is 2. The van der Waals surface area contributed by atoms with Gasteiger partial charge in [-0.3, -0.25) is 0 Å². The zero-order valence-electron chi connectivity index (χ0n) is 13.1. The third kappa shape index (κ3) is 5.41. The molecule has 0 aliphatic carbocycles. The maximum Gasteiger partial charge on any atom is 0.137 e. The van der Waals surface area contributed by atoms with E-state index >= 15 is 0 Å². The Morgan fingerprint density at radius 2 is 1.91 bits per heavy atom. The molecule has 1 atom stereocenters. The molecule has 22 heavy (non-hydrogen) atoms. The summed E-state index contributed by atoms with van der Waals surface area (Å²) in [4.78, 5) is 2.86. The standard InChI is InChI=1S/C16H25ClN2O3/c1-13-10-14(17)2-3-16(13)22-12-15(21)11-19-6-4-18(5-7-19)8-9-20/h2-3,10,15,20-21H,4-9,11-12H2,1H3/p+2/t15-/m0/s1. The van der Waals surface area contributed by atoms with Crippen LogP contribution in [-0.2, 0) is 0 Å². The van der Waals surface area contributed by atoms with Crippen molar-refractivity contribution in [1.82, 2.24) is 0 Å². The molecule has 124 valence electrons. The lowest BCUT2D eigenvalue weighted by Gasteiger charge is -2.30. The smallest absolute Gasteiger partial charge is 0.137 e. The molecule has 1 aromatic rings. The van der Waals surface area contributed by atoms with Crippen LogP contribution in [0.2, 0.25) is 5.02 Å². The summed E-state index contributed by atoms with van der Waals surface area (Å²) >= 11 is 5.92. The second kappa shape index (κ2) is 8.70. The SMILES string of the molecule is Cc1cc(Cl)ccc1OC[C@@H](O)C[NH+]1CC[NH+](CCO)CC1. The first kappa shape index (κ1) is 17.5. The van der Waals surface area contributed by atoms with Crippen LogP contribution < -0.4 is 14.5 Å². The van der Waals surface area contributed by atoms with Crippen molar-refractivity contribution < 1.29 is 24.7 Å². The summed E-state index contributed by atoms with van der Waals surface area (Å²) in [6, 6.07) is 5.50. The second-order valence-corrected chi connectivity index (χ2v) is 6.49. The third-order valence-electron chi connectivity index (χ3n) is 4.22. The number of rotatable bonds is 7. The van der Waals surface area contributed by atoms with E-state index in [0.717, 1.165) is 44.0 Å².